The number of piperidine rings is 1. The highest BCUT2D eigenvalue weighted by molar-refractivity contribution is 5.79. The molecule has 0 amide bonds. The second kappa shape index (κ2) is 6.65. The molecular weight excluding hydrogens is 246 g/mol. The lowest BCUT2D eigenvalue weighted by molar-refractivity contribution is -0.147. The summed E-state index contributed by atoms with van der Waals surface area (Å²) in [4.78, 5) is 16.1. The number of carboxylic acids is 1. The topological polar surface area (TPSA) is 65.0 Å². The lowest BCUT2D eigenvalue weighted by atomic mass is 9.87. The number of carbonyl (C=O) groups is 1. The van der Waals surface area contributed by atoms with Gasteiger partial charge in [-0.05, 0) is 19.9 Å². The SMILES string of the molecule is CN1CCC(NCCN2CCOCC2)(C(=O)O)CC1. The molecule has 2 aliphatic rings. The largest absolute Gasteiger partial charge is 0.480 e. The third-order valence-electron chi connectivity index (χ3n) is 4.25. The maximum Gasteiger partial charge on any atom is 0.323 e. The molecule has 19 heavy (non-hydrogen) atoms. The van der Waals surface area contributed by atoms with E-state index in [-0.39, 0.29) is 0 Å². The summed E-state index contributed by atoms with van der Waals surface area (Å²) in [7, 11) is 2.04. The summed E-state index contributed by atoms with van der Waals surface area (Å²) in [6.45, 7) is 6.79. The zero-order valence-electron chi connectivity index (χ0n) is 11.7. The lowest BCUT2D eigenvalue weighted by Gasteiger charge is -2.38. The number of ether oxygens (including phenoxy) is 1. The average molecular weight is 271 g/mol. The van der Waals surface area contributed by atoms with Gasteiger partial charge >= 0.3 is 5.97 Å². The number of nitrogens with one attached hydrogen (secondary N) is 1. The molecule has 0 aromatic heterocycles. The second-order valence-electron chi connectivity index (χ2n) is 5.57. The van der Waals surface area contributed by atoms with Crippen molar-refractivity contribution in [1.82, 2.24) is 15.1 Å². The maximum atomic E-state index is 11.6. The first-order valence-corrected chi connectivity index (χ1v) is 7.09. The Labute approximate surface area is 114 Å². The van der Waals surface area contributed by atoms with Gasteiger partial charge in [-0.15, -0.1) is 0 Å². The van der Waals surface area contributed by atoms with Crippen LogP contribution >= 0.6 is 0 Å². The van der Waals surface area contributed by atoms with Gasteiger partial charge in [0, 0.05) is 39.3 Å². The van der Waals surface area contributed by atoms with Gasteiger partial charge in [0.2, 0.25) is 0 Å². The van der Waals surface area contributed by atoms with Gasteiger partial charge in [0.25, 0.3) is 0 Å². The maximum absolute atomic E-state index is 11.6. The van der Waals surface area contributed by atoms with E-state index in [4.69, 9.17) is 4.74 Å². The van der Waals surface area contributed by atoms with Crippen molar-refractivity contribution >= 4 is 5.97 Å². The lowest BCUT2D eigenvalue weighted by Crippen LogP contribution is -2.59. The van der Waals surface area contributed by atoms with E-state index >= 15 is 0 Å². The van der Waals surface area contributed by atoms with Gasteiger partial charge in [0.05, 0.1) is 13.2 Å². The van der Waals surface area contributed by atoms with Gasteiger partial charge in [0.1, 0.15) is 5.54 Å². The fraction of sp³-hybridized carbons (Fsp3) is 0.923. The molecule has 0 aromatic rings. The summed E-state index contributed by atoms with van der Waals surface area (Å²) >= 11 is 0. The standard InChI is InChI=1S/C13H25N3O3/c1-15-5-2-13(3-6-15,12(17)18)14-4-7-16-8-10-19-11-9-16/h14H,2-11H2,1H3,(H,17,18). The molecule has 0 bridgehead atoms. The van der Waals surface area contributed by atoms with Gasteiger partial charge in [-0.1, -0.05) is 0 Å². The average Bonchev–Trinajstić information content (AvgIpc) is 2.42. The van der Waals surface area contributed by atoms with Crippen molar-refractivity contribution in [1.29, 1.82) is 0 Å². The summed E-state index contributed by atoms with van der Waals surface area (Å²) < 4.78 is 5.30. The molecule has 0 saturated carbocycles. The number of hydrogen-bond acceptors (Lipinski definition) is 5. The molecule has 0 unspecified atom stereocenters. The zero-order chi connectivity index (χ0) is 13.7. The van der Waals surface area contributed by atoms with Crippen LogP contribution in [0.15, 0.2) is 0 Å². The first kappa shape index (κ1) is 14.7. The molecule has 2 N–H and O–H groups in total. The Bertz CT molecular complexity index is 298. The summed E-state index contributed by atoms with van der Waals surface area (Å²) in [6, 6.07) is 0. The molecule has 0 radical (unpaired) electrons. The monoisotopic (exact) mass is 271 g/mol. The predicted molar refractivity (Wildman–Crippen MR) is 72.4 cm³/mol. The van der Waals surface area contributed by atoms with E-state index in [9.17, 15) is 9.90 Å². The van der Waals surface area contributed by atoms with Crippen LogP contribution in [0.4, 0.5) is 0 Å². The smallest absolute Gasteiger partial charge is 0.323 e. The Balaban J connectivity index is 1.78. The molecule has 6 nitrogen and oxygen atoms in total. The van der Waals surface area contributed by atoms with E-state index in [1.807, 2.05) is 7.05 Å². The molecule has 0 atom stereocenters. The van der Waals surface area contributed by atoms with Crippen molar-refractivity contribution in [3.63, 3.8) is 0 Å². The van der Waals surface area contributed by atoms with Gasteiger partial charge in [-0.25, -0.2) is 0 Å². The van der Waals surface area contributed by atoms with E-state index in [0.29, 0.717) is 12.8 Å². The number of rotatable bonds is 5. The minimum atomic E-state index is -0.723. The Kier molecular flexibility index (Phi) is 5.15. The van der Waals surface area contributed by atoms with Gasteiger partial charge < -0.3 is 20.1 Å². The fourth-order valence-corrected chi connectivity index (χ4v) is 2.74. The molecule has 110 valence electrons. The molecule has 0 aliphatic carbocycles. The third-order valence-corrected chi connectivity index (χ3v) is 4.25. The highest BCUT2D eigenvalue weighted by Gasteiger charge is 2.40. The minimum absolute atomic E-state index is 0.682. The van der Waals surface area contributed by atoms with E-state index in [0.717, 1.165) is 52.5 Å². The highest BCUT2D eigenvalue weighted by Crippen LogP contribution is 2.21. The molecule has 0 spiro atoms. The number of nitrogens with zero attached hydrogens (tertiary/aromatic N) is 2. The van der Waals surface area contributed by atoms with Crippen molar-refractivity contribution in [2.75, 3.05) is 59.5 Å². The Hall–Kier alpha value is -0.690. The highest BCUT2D eigenvalue weighted by atomic mass is 16.5. The summed E-state index contributed by atoms with van der Waals surface area (Å²) in [6.07, 6.45) is 1.36. The van der Waals surface area contributed by atoms with Crippen LogP contribution in [0.5, 0.6) is 0 Å². The van der Waals surface area contributed by atoms with E-state index < -0.39 is 11.5 Å². The van der Waals surface area contributed by atoms with Crippen molar-refractivity contribution < 1.29 is 14.6 Å². The molecule has 2 aliphatic heterocycles. The number of hydrogen-bond donors (Lipinski definition) is 2. The van der Waals surface area contributed by atoms with Gasteiger partial charge in [-0.2, -0.15) is 0 Å². The third kappa shape index (κ3) is 3.89. The first-order chi connectivity index (χ1) is 9.12. The number of morpholine rings is 1. The molecule has 2 fully saturated rings. The Morgan fingerprint density at radius 3 is 2.47 bits per heavy atom. The Morgan fingerprint density at radius 1 is 1.26 bits per heavy atom. The van der Waals surface area contributed by atoms with Crippen LogP contribution in [0.3, 0.4) is 0 Å². The summed E-state index contributed by atoms with van der Waals surface area (Å²) in [5, 5.41) is 12.8. The van der Waals surface area contributed by atoms with Crippen molar-refractivity contribution in [3.05, 3.63) is 0 Å². The van der Waals surface area contributed by atoms with E-state index in [1.165, 1.54) is 0 Å². The molecule has 2 saturated heterocycles. The van der Waals surface area contributed by atoms with Crippen LogP contribution in [-0.2, 0) is 9.53 Å². The van der Waals surface area contributed by atoms with E-state index in [2.05, 4.69) is 15.1 Å². The van der Waals surface area contributed by atoms with Crippen LogP contribution in [0, 0.1) is 0 Å². The van der Waals surface area contributed by atoms with Crippen molar-refractivity contribution in [3.8, 4) is 0 Å². The van der Waals surface area contributed by atoms with Crippen molar-refractivity contribution in [2.45, 2.75) is 18.4 Å². The number of carboxylic acid groups (broad SMARTS) is 1. The summed E-state index contributed by atoms with van der Waals surface area (Å²) in [5.41, 5.74) is -0.723. The molecule has 2 rings (SSSR count). The van der Waals surface area contributed by atoms with Crippen LogP contribution < -0.4 is 5.32 Å². The van der Waals surface area contributed by atoms with Crippen LogP contribution in [-0.4, -0.2) is 85.9 Å². The molecule has 0 aromatic carbocycles. The van der Waals surface area contributed by atoms with Crippen molar-refractivity contribution in [2.24, 2.45) is 0 Å². The first-order valence-electron chi connectivity index (χ1n) is 7.09. The second-order valence-corrected chi connectivity index (χ2v) is 5.57. The predicted octanol–water partition coefficient (Wildman–Crippen LogP) is -0.543. The fourth-order valence-electron chi connectivity index (χ4n) is 2.74. The molecule has 2 heterocycles. The normalized spacial score (nSPS) is 25.3. The van der Waals surface area contributed by atoms with Crippen LogP contribution in [0.2, 0.25) is 0 Å². The van der Waals surface area contributed by atoms with Crippen LogP contribution in [0.25, 0.3) is 0 Å². The van der Waals surface area contributed by atoms with Gasteiger partial charge in [-0.3, -0.25) is 9.69 Å². The molecular formula is C13H25N3O3. The van der Waals surface area contributed by atoms with E-state index in [1.54, 1.807) is 0 Å². The Morgan fingerprint density at radius 2 is 1.89 bits per heavy atom. The number of aliphatic carboxylic acids is 1. The summed E-state index contributed by atoms with van der Waals surface area (Å²) in [5.74, 6) is -0.706. The zero-order valence-corrected chi connectivity index (χ0v) is 11.7. The quantitative estimate of drug-likeness (QED) is 0.700. The minimum Gasteiger partial charge on any atom is -0.480 e. The van der Waals surface area contributed by atoms with Crippen LogP contribution in [0.1, 0.15) is 12.8 Å². The number of likely N-dealkylation sites (tertiary alicyclic amines) is 1. The van der Waals surface area contributed by atoms with Gasteiger partial charge in [0.15, 0.2) is 0 Å². The molecule has 6 heteroatoms.